The Morgan fingerprint density at radius 2 is 2.29 bits per heavy atom. The van der Waals surface area contributed by atoms with Crippen molar-refractivity contribution in [1.29, 1.82) is 0 Å². The molecule has 0 heterocycles. The molecule has 0 spiro atoms. The van der Waals surface area contributed by atoms with Gasteiger partial charge in [0.1, 0.15) is 4.75 Å². The van der Waals surface area contributed by atoms with Gasteiger partial charge in [-0.15, -0.1) is 11.8 Å². The largest absolute Gasteiger partial charge is 0.465 e. The normalized spacial score (nSPS) is 17.8. The number of thioether (sulfide) groups is 1. The number of carbonyl (C=O) groups excluding carboxylic acids is 1. The highest BCUT2D eigenvalue weighted by Crippen LogP contribution is 2.28. The third kappa shape index (κ3) is 3.03. The zero-order chi connectivity index (χ0) is 11.2. The van der Waals surface area contributed by atoms with Crippen LogP contribution in [0.1, 0.15) is 20.8 Å². The van der Waals surface area contributed by atoms with Gasteiger partial charge >= 0.3 is 5.97 Å². The molecule has 0 bridgehead atoms. The van der Waals surface area contributed by atoms with E-state index in [9.17, 15) is 9.90 Å². The molecule has 0 radical (unpaired) electrons. The van der Waals surface area contributed by atoms with E-state index in [1.807, 2.05) is 0 Å². The highest BCUT2D eigenvalue weighted by atomic mass is 32.2. The van der Waals surface area contributed by atoms with Crippen LogP contribution in [0.3, 0.4) is 0 Å². The van der Waals surface area contributed by atoms with Crippen LogP contribution in [0.4, 0.5) is 0 Å². The van der Waals surface area contributed by atoms with Crippen LogP contribution in [-0.4, -0.2) is 34.8 Å². The monoisotopic (exact) mass is 218 g/mol. The molecule has 0 saturated heterocycles. The quantitative estimate of drug-likeness (QED) is 0.562. The summed E-state index contributed by atoms with van der Waals surface area (Å²) >= 11 is 1.29. The lowest BCUT2D eigenvalue weighted by molar-refractivity contribution is -0.147. The molecule has 2 atom stereocenters. The highest BCUT2D eigenvalue weighted by Gasteiger charge is 2.40. The molecule has 4 heteroatoms. The number of ether oxygens (including phenoxy) is 1. The van der Waals surface area contributed by atoms with Crippen molar-refractivity contribution in [3.8, 4) is 0 Å². The molecule has 0 aliphatic rings. The van der Waals surface area contributed by atoms with Crippen molar-refractivity contribution in [1.82, 2.24) is 0 Å². The lowest BCUT2D eigenvalue weighted by atomic mass is 10.0. The Labute approximate surface area is 89.5 Å². The van der Waals surface area contributed by atoms with E-state index in [1.165, 1.54) is 11.8 Å². The summed E-state index contributed by atoms with van der Waals surface area (Å²) in [5, 5.41) is 9.76. The van der Waals surface area contributed by atoms with Crippen LogP contribution >= 0.6 is 11.8 Å². The molecule has 1 N–H and O–H groups in total. The number of allylic oxidation sites excluding steroid dienone is 1. The second-order valence-electron chi connectivity index (χ2n) is 3.00. The first-order valence-corrected chi connectivity index (χ1v) is 5.78. The van der Waals surface area contributed by atoms with Gasteiger partial charge < -0.3 is 9.84 Å². The van der Waals surface area contributed by atoms with E-state index < -0.39 is 10.9 Å². The van der Waals surface area contributed by atoms with E-state index in [1.54, 1.807) is 39.2 Å². The number of hydrogen-bond acceptors (Lipinski definition) is 4. The predicted octanol–water partition coefficient (Wildman–Crippen LogP) is 1.61. The van der Waals surface area contributed by atoms with Gasteiger partial charge in [0.25, 0.3) is 0 Å². The van der Waals surface area contributed by atoms with Crippen molar-refractivity contribution in [3.63, 3.8) is 0 Å². The van der Waals surface area contributed by atoms with Crippen molar-refractivity contribution < 1.29 is 14.6 Å². The minimum absolute atomic E-state index is 0.331. The minimum Gasteiger partial charge on any atom is -0.465 e. The number of aliphatic hydroxyl groups is 1. The lowest BCUT2D eigenvalue weighted by Crippen LogP contribution is -2.43. The minimum atomic E-state index is -0.914. The Kier molecular flexibility index (Phi) is 5.88. The van der Waals surface area contributed by atoms with Crippen molar-refractivity contribution in [2.75, 3.05) is 12.9 Å². The molecular formula is C10H18O3S. The van der Waals surface area contributed by atoms with Gasteiger partial charge in [-0.2, -0.15) is 0 Å². The summed E-state index contributed by atoms with van der Waals surface area (Å²) in [5.41, 5.74) is 0. The standard InChI is InChI=1S/C10H18O3S/c1-5-7-8(11)10(3,14-4)9(12)13-6-2/h5,7-8,11H,6H2,1-4H3/b7-5+/t8-,10+/m1/s1. The molecule has 3 nitrogen and oxygen atoms in total. The van der Waals surface area contributed by atoms with E-state index in [4.69, 9.17) is 4.74 Å². The van der Waals surface area contributed by atoms with E-state index in [0.29, 0.717) is 6.61 Å². The fraction of sp³-hybridized carbons (Fsp3) is 0.700. The second kappa shape index (κ2) is 6.09. The third-order valence-corrected chi connectivity index (χ3v) is 3.30. The molecule has 0 rings (SSSR count). The summed E-state index contributed by atoms with van der Waals surface area (Å²) < 4.78 is 4.00. The number of rotatable bonds is 5. The molecule has 0 unspecified atom stereocenters. The Morgan fingerprint density at radius 3 is 2.64 bits per heavy atom. The SMILES string of the molecule is C/C=C/[C@@H](O)[C@](C)(SC)C(=O)OCC. The molecule has 0 aliphatic carbocycles. The van der Waals surface area contributed by atoms with Crippen molar-refractivity contribution in [2.45, 2.75) is 31.6 Å². The van der Waals surface area contributed by atoms with Crippen LogP contribution in [-0.2, 0) is 9.53 Å². The van der Waals surface area contributed by atoms with Crippen molar-refractivity contribution >= 4 is 17.7 Å². The van der Waals surface area contributed by atoms with Gasteiger partial charge in [-0.3, -0.25) is 4.79 Å². The fourth-order valence-electron chi connectivity index (χ4n) is 0.965. The fourth-order valence-corrected chi connectivity index (χ4v) is 1.51. The molecule has 82 valence electrons. The maximum absolute atomic E-state index is 11.6. The van der Waals surface area contributed by atoms with E-state index >= 15 is 0 Å². The first-order valence-electron chi connectivity index (χ1n) is 4.56. The summed E-state index contributed by atoms with van der Waals surface area (Å²) in [4.78, 5) is 11.6. The summed E-state index contributed by atoms with van der Waals surface area (Å²) in [6, 6.07) is 0. The molecule has 14 heavy (non-hydrogen) atoms. The average molecular weight is 218 g/mol. The lowest BCUT2D eigenvalue weighted by Gasteiger charge is -2.28. The first kappa shape index (κ1) is 13.5. The van der Waals surface area contributed by atoms with Crippen molar-refractivity contribution in [2.24, 2.45) is 0 Å². The van der Waals surface area contributed by atoms with Crippen LogP contribution in [0.25, 0.3) is 0 Å². The van der Waals surface area contributed by atoms with E-state index in [-0.39, 0.29) is 5.97 Å². The molecule has 0 amide bonds. The Bertz CT molecular complexity index is 215. The summed E-state index contributed by atoms with van der Waals surface area (Å²) in [7, 11) is 0. The van der Waals surface area contributed by atoms with Gasteiger partial charge in [-0.05, 0) is 27.0 Å². The van der Waals surface area contributed by atoms with E-state index in [2.05, 4.69) is 0 Å². The van der Waals surface area contributed by atoms with Crippen molar-refractivity contribution in [3.05, 3.63) is 12.2 Å². The Morgan fingerprint density at radius 1 is 1.71 bits per heavy atom. The van der Waals surface area contributed by atoms with Gasteiger partial charge in [-0.1, -0.05) is 12.2 Å². The van der Waals surface area contributed by atoms with Crippen LogP contribution in [0.5, 0.6) is 0 Å². The number of aliphatic hydroxyl groups excluding tert-OH is 1. The van der Waals surface area contributed by atoms with Crippen LogP contribution in [0.15, 0.2) is 12.2 Å². The maximum Gasteiger partial charge on any atom is 0.324 e. The highest BCUT2D eigenvalue weighted by molar-refractivity contribution is 8.00. The zero-order valence-corrected chi connectivity index (χ0v) is 9.93. The Hall–Kier alpha value is -0.480. The zero-order valence-electron chi connectivity index (χ0n) is 9.11. The first-order chi connectivity index (χ1) is 6.52. The number of esters is 1. The number of carbonyl (C=O) groups is 1. The van der Waals surface area contributed by atoms with Gasteiger partial charge in [0.15, 0.2) is 0 Å². The topological polar surface area (TPSA) is 46.5 Å². The summed E-state index contributed by atoms with van der Waals surface area (Å²) in [5.74, 6) is -0.377. The molecule has 0 aromatic carbocycles. The van der Waals surface area contributed by atoms with Gasteiger partial charge in [0, 0.05) is 0 Å². The number of hydrogen-bond donors (Lipinski definition) is 1. The molecule has 0 fully saturated rings. The predicted molar refractivity (Wildman–Crippen MR) is 59.4 cm³/mol. The molecule has 0 aromatic heterocycles. The molecular weight excluding hydrogens is 200 g/mol. The summed E-state index contributed by atoms with van der Waals surface area (Å²) in [6.07, 6.45) is 4.27. The van der Waals surface area contributed by atoms with Crippen LogP contribution in [0.2, 0.25) is 0 Å². The van der Waals surface area contributed by atoms with Gasteiger partial charge in [0.05, 0.1) is 12.7 Å². The molecule has 0 aliphatic heterocycles. The van der Waals surface area contributed by atoms with Crippen LogP contribution in [0, 0.1) is 0 Å². The van der Waals surface area contributed by atoms with Gasteiger partial charge in [0.2, 0.25) is 0 Å². The molecule has 0 aromatic rings. The average Bonchev–Trinajstić information content (AvgIpc) is 2.17. The third-order valence-electron chi connectivity index (χ3n) is 2.04. The maximum atomic E-state index is 11.6. The second-order valence-corrected chi connectivity index (χ2v) is 4.26. The smallest absolute Gasteiger partial charge is 0.324 e. The Balaban J connectivity index is 4.68. The van der Waals surface area contributed by atoms with Gasteiger partial charge in [-0.25, -0.2) is 0 Å². The van der Waals surface area contributed by atoms with E-state index in [0.717, 1.165) is 0 Å². The summed E-state index contributed by atoms with van der Waals surface area (Å²) in [6.45, 7) is 5.56. The molecule has 0 saturated carbocycles. The van der Waals surface area contributed by atoms with Crippen LogP contribution < -0.4 is 0 Å².